The first kappa shape index (κ1) is 18.0. The van der Waals surface area contributed by atoms with Crippen LogP contribution < -0.4 is 5.32 Å². The molecule has 1 saturated carbocycles. The molecular weight excluding hydrogens is 310 g/mol. The van der Waals surface area contributed by atoms with Gasteiger partial charge in [-0.15, -0.1) is 0 Å². The number of sulfone groups is 1. The van der Waals surface area contributed by atoms with E-state index in [-0.39, 0.29) is 17.7 Å². The summed E-state index contributed by atoms with van der Waals surface area (Å²) in [5.41, 5.74) is 1.70. The van der Waals surface area contributed by atoms with Crippen LogP contribution in [-0.2, 0) is 20.4 Å². The lowest BCUT2D eigenvalue weighted by atomic mass is 9.87. The van der Waals surface area contributed by atoms with Gasteiger partial charge in [-0.3, -0.25) is 4.79 Å². The first-order valence-electron chi connectivity index (χ1n) is 8.36. The maximum absolute atomic E-state index is 12.5. The Kier molecular flexibility index (Phi) is 5.84. The zero-order valence-electron chi connectivity index (χ0n) is 14.2. The summed E-state index contributed by atoms with van der Waals surface area (Å²) in [7, 11) is -3.51. The van der Waals surface area contributed by atoms with Crippen molar-refractivity contribution in [3.05, 3.63) is 35.4 Å². The third-order valence-corrected chi connectivity index (χ3v) is 6.89. The van der Waals surface area contributed by atoms with Crippen molar-refractivity contribution in [2.24, 2.45) is 5.92 Å². The minimum atomic E-state index is -3.51. The summed E-state index contributed by atoms with van der Waals surface area (Å²) >= 11 is 0. The smallest absolute Gasteiger partial charge is 0.238 e. The molecule has 23 heavy (non-hydrogen) atoms. The molecule has 1 amide bonds. The molecule has 1 fully saturated rings. The summed E-state index contributed by atoms with van der Waals surface area (Å²) in [5, 5.41) is 1.92. The van der Waals surface area contributed by atoms with Gasteiger partial charge in [0.2, 0.25) is 5.91 Å². The molecule has 1 N–H and O–H groups in total. The van der Waals surface area contributed by atoms with E-state index in [0.717, 1.165) is 36.8 Å². The second-order valence-electron chi connectivity index (χ2n) is 6.84. The van der Waals surface area contributed by atoms with E-state index in [0.29, 0.717) is 5.92 Å². The number of hydrogen-bond donors (Lipinski definition) is 1. The Labute approximate surface area is 139 Å². The van der Waals surface area contributed by atoms with E-state index < -0.39 is 15.1 Å². The summed E-state index contributed by atoms with van der Waals surface area (Å²) in [6.07, 6.45) is 4.07. The van der Waals surface area contributed by atoms with Crippen LogP contribution in [0.4, 0.5) is 0 Å². The molecule has 0 bridgehead atoms. The van der Waals surface area contributed by atoms with Crippen LogP contribution in [-0.4, -0.2) is 25.6 Å². The second kappa shape index (κ2) is 7.47. The molecule has 0 heterocycles. The summed E-state index contributed by atoms with van der Waals surface area (Å²) in [6.45, 7) is 5.60. The number of nitrogens with one attached hydrogen (secondary N) is 1. The largest absolute Gasteiger partial charge is 0.352 e. The highest BCUT2D eigenvalue weighted by molar-refractivity contribution is 7.92. The molecule has 5 heteroatoms. The molecule has 0 aliphatic heterocycles. The van der Waals surface area contributed by atoms with Crippen molar-refractivity contribution in [3.8, 4) is 0 Å². The fourth-order valence-corrected chi connectivity index (χ4v) is 4.40. The highest BCUT2D eigenvalue weighted by Gasteiger charge is 2.30. The van der Waals surface area contributed by atoms with Crippen LogP contribution in [0.15, 0.2) is 24.3 Å². The van der Waals surface area contributed by atoms with E-state index in [1.807, 2.05) is 25.1 Å². The Balaban J connectivity index is 1.99. The molecule has 2 rings (SSSR count). The van der Waals surface area contributed by atoms with E-state index in [1.54, 1.807) is 6.07 Å². The molecule has 0 saturated heterocycles. The third kappa shape index (κ3) is 4.80. The van der Waals surface area contributed by atoms with Crippen LogP contribution >= 0.6 is 0 Å². The SMILES string of the molecule is Cc1ccccc1CS(=O)(=O)[C@@H](C)C(=O)NC1CCC(C)CC1. The predicted octanol–water partition coefficient (Wildman–Crippen LogP) is 2.99. The topological polar surface area (TPSA) is 63.2 Å². The number of aryl methyl sites for hydroxylation is 1. The van der Waals surface area contributed by atoms with Crippen molar-refractivity contribution < 1.29 is 13.2 Å². The van der Waals surface area contributed by atoms with Gasteiger partial charge in [0.25, 0.3) is 0 Å². The first-order chi connectivity index (χ1) is 10.8. The van der Waals surface area contributed by atoms with Crippen LogP contribution in [0.1, 0.15) is 50.7 Å². The van der Waals surface area contributed by atoms with Crippen molar-refractivity contribution in [1.82, 2.24) is 5.32 Å². The Morgan fingerprint density at radius 1 is 1.22 bits per heavy atom. The highest BCUT2D eigenvalue weighted by atomic mass is 32.2. The first-order valence-corrected chi connectivity index (χ1v) is 10.1. The van der Waals surface area contributed by atoms with Gasteiger partial charge < -0.3 is 5.32 Å². The van der Waals surface area contributed by atoms with Crippen molar-refractivity contribution in [1.29, 1.82) is 0 Å². The Bertz CT molecular complexity index is 646. The Morgan fingerprint density at radius 3 is 2.43 bits per heavy atom. The van der Waals surface area contributed by atoms with E-state index in [2.05, 4.69) is 12.2 Å². The molecule has 0 unspecified atom stereocenters. The fraction of sp³-hybridized carbons (Fsp3) is 0.611. The van der Waals surface area contributed by atoms with E-state index in [4.69, 9.17) is 0 Å². The summed E-state index contributed by atoms with van der Waals surface area (Å²) in [5.74, 6) is 0.249. The number of carbonyl (C=O) groups is 1. The molecule has 1 atom stereocenters. The van der Waals surface area contributed by atoms with Gasteiger partial charge in [0, 0.05) is 6.04 Å². The number of benzene rings is 1. The highest BCUT2D eigenvalue weighted by Crippen LogP contribution is 2.24. The van der Waals surface area contributed by atoms with E-state index in [9.17, 15) is 13.2 Å². The number of hydrogen-bond acceptors (Lipinski definition) is 3. The van der Waals surface area contributed by atoms with Gasteiger partial charge in [-0.05, 0) is 56.6 Å². The standard InChI is InChI=1S/C18H27NO3S/c1-13-8-10-17(11-9-13)19-18(20)15(3)23(21,22)12-16-7-5-4-6-14(16)2/h4-7,13,15,17H,8-12H2,1-3H3,(H,19,20)/t13?,15-,17?/m0/s1. The Morgan fingerprint density at radius 2 is 1.83 bits per heavy atom. The van der Waals surface area contributed by atoms with Gasteiger partial charge >= 0.3 is 0 Å². The van der Waals surface area contributed by atoms with Gasteiger partial charge in [-0.2, -0.15) is 0 Å². The molecule has 4 nitrogen and oxygen atoms in total. The quantitative estimate of drug-likeness (QED) is 0.898. The zero-order chi connectivity index (χ0) is 17.0. The molecule has 1 aromatic carbocycles. The molecule has 0 spiro atoms. The minimum absolute atomic E-state index is 0.0873. The maximum Gasteiger partial charge on any atom is 0.238 e. The Hall–Kier alpha value is -1.36. The monoisotopic (exact) mass is 337 g/mol. The van der Waals surface area contributed by atoms with Crippen molar-refractivity contribution >= 4 is 15.7 Å². The maximum atomic E-state index is 12.5. The van der Waals surface area contributed by atoms with Crippen molar-refractivity contribution in [2.45, 2.75) is 63.5 Å². The molecular formula is C18H27NO3S. The van der Waals surface area contributed by atoms with Crippen LogP contribution in [0.2, 0.25) is 0 Å². The van der Waals surface area contributed by atoms with E-state index >= 15 is 0 Å². The zero-order valence-corrected chi connectivity index (χ0v) is 15.0. The average Bonchev–Trinajstić information content (AvgIpc) is 2.51. The average molecular weight is 337 g/mol. The second-order valence-corrected chi connectivity index (χ2v) is 9.16. The van der Waals surface area contributed by atoms with Gasteiger partial charge in [-0.1, -0.05) is 31.2 Å². The van der Waals surface area contributed by atoms with Crippen LogP contribution in [0.3, 0.4) is 0 Å². The lowest BCUT2D eigenvalue weighted by molar-refractivity contribution is -0.121. The molecule has 1 aliphatic rings. The van der Waals surface area contributed by atoms with E-state index in [1.165, 1.54) is 6.92 Å². The number of carbonyl (C=O) groups excluding carboxylic acids is 1. The third-order valence-electron chi connectivity index (χ3n) is 4.89. The van der Waals surface area contributed by atoms with Gasteiger partial charge in [0.05, 0.1) is 5.75 Å². The van der Waals surface area contributed by atoms with Crippen molar-refractivity contribution in [3.63, 3.8) is 0 Å². The summed E-state index contributed by atoms with van der Waals surface area (Å²) in [6, 6.07) is 7.52. The molecule has 1 aliphatic carbocycles. The van der Waals surface area contributed by atoms with Gasteiger partial charge in [-0.25, -0.2) is 8.42 Å². The fourth-order valence-electron chi connectivity index (χ4n) is 3.00. The number of amides is 1. The summed E-state index contributed by atoms with van der Waals surface area (Å²) < 4.78 is 25.1. The predicted molar refractivity (Wildman–Crippen MR) is 92.8 cm³/mol. The summed E-state index contributed by atoms with van der Waals surface area (Å²) in [4.78, 5) is 12.3. The van der Waals surface area contributed by atoms with Crippen LogP contribution in [0.5, 0.6) is 0 Å². The normalized spacial score (nSPS) is 23.3. The minimum Gasteiger partial charge on any atom is -0.352 e. The molecule has 0 radical (unpaired) electrons. The number of rotatable bonds is 5. The van der Waals surface area contributed by atoms with Crippen molar-refractivity contribution in [2.75, 3.05) is 0 Å². The van der Waals surface area contributed by atoms with Gasteiger partial charge in [0.1, 0.15) is 5.25 Å². The van der Waals surface area contributed by atoms with Crippen LogP contribution in [0, 0.1) is 12.8 Å². The lowest BCUT2D eigenvalue weighted by Gasteiger charge is -2.28. The van der Waals surface area contributed by atoms with Gasteiger partial charge in [0.15, 0.2) is 9.84 Å². The molecule has 128 valence electrons. The molecule has 0 aromatic heterocycles. The van der Waals surface area contributed by atoms with Crippen LogP contribution in [0.25, 0.3) is 0 Å². The molecule has 1 aromatic rings. The lowest BCUT2D eigenvalue weighted by Crippen LogP contribution is -2.44.